The molecule has 0 saturated carbocycles. The molecule has 3 rings (SSSR count). The van der Waals surface area contributed by atoms with E-state index >= 15 is 0 Å². The van der Waals surface area contributed by atoms with E-state index in [9.17, 15) is 4.39 Å². The lowest BCUT2D eigenvalue weighted by Gasteiger charge is -2.30. The third kappa shape index (κ3) is 2.74. The summed E-state index contributed by atoms with van der Waals surface area (Å²) in [7, 11) is 0. The van der Waals surface area contributed by atoms with E-state index in [1.807, 2.05) is 6.07 Å². The van der Waals surface area contributed by atoms with Crippen LogP contribution in [-0.2, 0) is 12.8 Å². The minimum Gasteiger partial charge on any atom is -0.207 e. The molecule has 0 amide bonds. The van der Waals surface area contributed by atoms with E-state index in [0.717, 1.165) is 24.8 Å². The van der Waals surface area contributed by atoms with Crippen molar-refractivity contribution in [3.8, 4) is 0 Å². The van der Waals surface area contributed by atoms with Crippen LogP contribution >= 0.6 is 15.9 Å². The van der Waals surface area contributed by atoms with Gasteiger partial charge in [0.15, 0.2) is 0 Å². The third-order valence-corrected chi connectivity index (χ3v) is 5.18. The predicted molar refractivity (Wildman–Crippen MR) is 80.0 cm³/mol. The number of rotatable bonds is 2. The lowest BCUT2D eigenvalue weighted by molar-refractivity contribution is 0.451. The molecule has 0 nitrogen and oxygen atoms in total. The SMILES string of the molecule is Fc1cccc(CC2CCc3ccccc3C2Br)c1. The quantitative estimate of drug-likeness (QED) is 0.678. The second-order valence-electron chi connectivity index (χ2n) is 5.23. The van der Waals surface area contributed by atoms with Crippen LogP contribution < -0.4 is 0 Å². The standard InChI is InChI=1S/C17H16BrF/c18-17-14(10-12-4-3-6-15(19)11-12)9-8-13-5-1-2-7-16(13)17/h1-7,11,14,17H,8-10H2. The van der Waals surface area contributed by atoms with Crippen LogP contribution in [0.25, 0.3) is 0 Å². The second kappa shape index (κ2) is 5.46. The van der Waals surface area contributed by atoms with Crippen molar-refractivity contribution in [2.24, 2.45) is 5.92 Å². The van der Waals surface area contributed by atoms with Gasteiger partial charge in [0.05, 0.1) is 0 Å². The van der Waals surface area contributed by atoms with E-state index in [0.29, 0.717) is 10.7 Å². The summed E-state index contributed by atoms with van der Waals surface area (Å²) in [6, 6.07) is 15.6. The average molecular weight is 319 g/mol. The van der Waals surface area contributed by atoms with Crippen molar-refractivity contribution in [1.82, 2.24) is 0 Å². The summed E-state index contributed by atoms with van der Waals surface area (Å²) in [5.74, 6) is 0.400. The Morgan fingerprint density at radius 1 is 1.11 bits per heavy atom. The Bertz CT molecular complexity index is 579. The molecule has 0 spiro atoms. The van der Waals surface area contributed by atoms with Crippen LogP contribution in [0.2, 0.25) is 0 Å². The summed E-state index contributed by atoms with van der Waals surface area (Å²) in [5, 5.41) is 0. The number of hydrogen-bond donors (Lipinski definition) is 0. The van der Waals surface area contributed by atoms with E-state index in [1.54, 1.807) is 12.1 Å². The minimum absolute atomic E-state index is 0.139. The van der Waals surface area contributed by atoms with Crippen molar-refractivity contribution in [2.45, 2.75) is 24.1 Å². The van der Waals surface area contributed by atoms with Gasteiger partial charge in [0.2, 0.25) is 0 Å². The maximum atomic E-state index is 13.2. The normalized spacial score (nSPS) is 22.0. The average Bonchev–Trinajstić information content (AvgIpc) is 2.42. The van der Waals surface area contributed by atoms with E-state index < -0.39 is 0 Å². The van der Waals surface area contributed by atoms with Crippen molar-refractivity contribution in [1.29, 1.82) is 0 Å². The molecule has 2 aromatic rings. The highest BCUT2D eigenvalue weighted by Gasteiger charge is 2.27. The molecule has 0 heterocycles. The van der Waals surface area contributed by atoms with Crippen LogP contribution in [-0.4, -0.2) is 0 Å². The zero-order chi connectivity index (χ0) is 13.2. The summed E-state index contributed by atoms with van der Waals surface area (Å²) < 4.78 is 13.2. The monoisotopic (exact) mass is 318 g/mol. The first-order valence-corrected chi connectivity index (χ1v) is 7.62. The fourth-order valence-electron chi connectivity index (χ4n) is 2.94. The lowest BCUT2D eigenvalue weighted by Crippen LogP contribution is -2.18. The van der Waals surface area contributed by atoms with Gasteiger partial charge in [-0.25, -0.2) is 4.39 Å². The first-order chi connectivity index (χ1) is 9.24. The number of aryl methyl sites for hydroxylation is 1. The van der Waals surface area contributed by atoms with Gasteiger partial charge in [-0.1, -0.05) is 52.3 Å². The molecule has 0 aromatic heterocycles. The molecule has 0 bridgehead atoms. The van der Waals surface area contributed by atoms with Gasteiger partial charge >= 0.3 is 0 Å². The summed E-state index contributed by atoms with van der Waals surface area (Å²) >= 11 is 3.84. The number of hydrogen-bond acceptors (Lipinski definition) is 0. The lowest BCUT2D eigenvalue weighted by atomic mass is 9.81. The molecule has 2 unspecified atom stereocenters. The van der Waals surface area contributed by atoms with Gasteiger partial charge in [-0.05, 0) is 54.0 Å². The molecule has 0 N–H and O–H groups in total. The molecule has 19 heavy (non-hydrogen) atoms. The Morgan fingerprint density at radius 3 is 2.79 bits per heavy atom. The van der Waals surface area contributed by atoms with Gasteiger partial charge in [-0.3, -0.25) is 0 Å². The molecule has 0 saturated heterocycles. The zero-order valence-corrected chi connectivity index (χ0v) is 12.2. The molecule has 1 aliphatic carbocycles. The summed E-state index contributed by atoms with van der Waals surface area (Å²) in [6.07, 6.45) is 3.21. The van der Waals surface area contributed by atoms with Gasteiger partial charge in [0.25, 0.3) is 0 Å². The number of benzene rings is 2. The molecule has 98 valence electrons. The Balaban J connectivity index is 1.81. The molecule has 0 fully saturated rings. The van der Waals surface area contributed by atoms with Crippen LogP contribution in [0.1, 0.15) is 27.9 Å². The molecular formula is C17H16BrF. The van der Waals surface area contributed by atoms with Crippen molar-refractivity contribution >= 4 is 15.9 Å². The first-order valence-electron chi connectivity index (χ1n) is 6.70. The molecule has 0 aliphatic heterocycles. The van der Waals surface area contributed by atoms with Crippen LogP contribution in [0.15, 0.2) is 48.5 Å². The van der Waals surface area contributed by atoms with Crippen molar-refractivity contribution < 1.29 is 4.39 Å². The number of fused-ring (bicyclic) bond motifs is 1. The zero-order valence-electron chi connectivity index (χ0n) is 10.7. The highest BCUT2D eigenvalue weighted by molar-refractivity contribution is 9.09. The maximum absolute atomic E-state index is 13.2. The van der Waals surface area contributed by atoms with E-state index in [4.69, 9.17) is 0 Å². The van der Waals surface area contributed by atoms with Crippen LogP contribution in [0.4, 0.5) is 4.39 Å². The molecule has 0 radical (unpaired) electrons. The highest BCUT2D eigenvalue weighted by Crippen LogP contribution is 2.41. The summed E-state index contributed by atoms with van der Waals surface area (Å²) in [4.78, 5) is 0.376. The minimum atomic E-state index is -0.139. The van der Waals surface area contributed by atoms with E-state index in [2.05, 4.69) is 40.2 Å². The van der Waals surface area contributed by atoms with Crippen molar-refractivity contribution in [3.63, 3.8) is 0 Å². The van der Waals surface area contributed by atoms with E-state index in [1.165, 1.54) is 17.2 Å². The van der Waals surface area contributed by atoms with Gasteiger partial charge in [0, 0.05) is 4.83 Å². The molecular weight excluding hydrogens is 303 g/mol. The van der Waals surface area contributed by atoms with Crippen LogP contribution in [0, 0.1) is 11.7 Å². The van der Waals surface area contributed by atoms with Crippen LogP contribution in [0.5, 0.6) is 0 Å². The molecule has 2 atom stereocenters. The molecule has 2 heteroatoms. The van der Waals surface area contributed by atoms with Gasteiger partial charge in [-0.2, -0.15) is 0 Å². The third-order valence-electron chi connectivity index (χ3n) is 3.94. The maximum Gasteiger partial charge on any atom is 0.123 e. The number of alkyl halides is 1. The van der Waals surface area contributed by atoms with E-state index in [-0.39, 0.29) is 5.82 Å². The van der Waals surface area contributed by atoms with Gasteiger partial charge in [0.1, 0.15) is 5.82 Å². The first kappa shape index (κ1) is 12.9. The van der Waals surface area contributed by atoms with Crippen molar-refractivity contribution in [2.75, 3.05) is 0 Å². The summed E-state index contributed by atoms with van der Waals surface area (Å²) in [5.41, 5.74) is 3.93. The Hall–Kier alpha value is -1.15. The van der Waals surface area contributed by atoms with Gasteiger partial charge in [-0.15, -0.1) is 0 Å². The Labute approximate surface area is 121 Å². The fourth-order valence-corrected chi connectivity index (χ4v) is 3.84. The smallest absolute Gasteiger partial charge is 0.123 e. The topological polar surface area (TPSA) is 0 Å². The number of halogens is 2. The predicted octanol–water partition coefficient (Wildman–Crippen LogP) is 5.07. The van der Waals surface area contributed by atoms with Gasteiger partial charge < -0.3 is 0 Å². The summed E-state index contributed by atoms with van der Waals surface area (Å²) in [6.45, 7) is 0. The van der Waals surface area contributed by atoms with Crippen molar-refractivity contribution in [3.05, 3.63) is 71.0 Å². The molecule has 1 aliphatic rings. The largest absolute Gasteiger partial charge is 0.207 e. The second-order valence-corrected chi connectivity index (χ2v) is 6.22. The Morgan fingerprint density at radius 2 is 1.95 bits per heavy atom. The van der Waals surface area contributed by atoms with Crippen LogP contribution in [0.3, 0.4) is 0 Å². The molecule has 2 aromatic carbocycles. The Kier molecular flexibility index (Phi) is 3.69. The fraction of sp³-hybridized carbons (Fsp3) is 0.294. The highest BCUT2D eigenvalue weighted by atomic mass is 79.9.